The van der Waals surface area contributed by atoms with Crippen LogP contribution in [0.5, 0.6) is 0 Å². The van der Waals surface area contributed by atoms with Gasteiger partial charge >= 0.3 is 5.97 Å². The number of esters is 1. The van der Waals surface area contributed by atoms with Crippen molar-refractivity contribution in [1.82, 2.24) is 16.0 Å². The molecule has 3 atom stereocenters. The first kappa shape index (κ1) is 21.8. The summed E-state index contributed by atoms with van der Waals surface area (Å²) < 4.78 is 5.51. The third kappa shape index (κ3) is 5.85. The Hall–Kier alpha value is -2.41. The molecule has 1 unspecified atom stereocenters. The second-order valence-electron chi connectivity index (χ2n) is 9.10. The predicted octanol–water partition coefficient (Wildman–Crippen LogP) is 2.05. The predicted molar refractivity (Wildman–Crippen MR) is 116 cm³/mol. The number of benzene rings is 1. The number of carbonyl (C=O) groups excluding carboxylic acids is 3. The number of ether oxygens (including phenoxy) is 1. The summed E-state index contributed by atoms with van der Waals surface area (Å²) in [5.74, 6) is -0.533. The highest BCUT2D eigenvalue weighted by atomic mass is 16.5. The fraction of sp³-hybridized carbons (Fsp3) is 0.625. The Kier molecular flexibility index (Phi) is 7.22. The van der Waals surface area contributed by atoms with Crippen LogP contribution in [0.4, 0.5) is 0 Å². The quantitative estimate of drug-likeness (QED) is 0.524. The number of amides is 2. The number of nitrogens with one attached hydrogen (secondary N) is 3. The minimum atomic E-state index is -0.651. The summed E-state index contributed by atoms with van der Waals surface area (Å²) in [6.45, 7) is 1.02. The second-order valence-corrected chi connectivity index (χ2v) is 9.10. The van der Waals surface area contributed by atoms with Gasteiger partial charge < -0.3 is 20.7 Å². The lowest BCUT2D eigenvalue weighted by atomic mass is 9.96. The van der Waals surface area contributed by atoms with Crippen molar-refractivity contribution >= 4 is 17.8 Å². The van der Waals surface area contributed by atoms with Gasteiger partial charge in [-0.1, -0.05) is 43.2 Å². The Morgan fingerprint density at radius 3 is 2.26 bits per heavy atom. The molecule has 7 heteroatoms. The number of hydrogen-bond acceptors (Lipinski definition) is 5. The van der Waals surface area contributed by atoms with Crippen LogP contribution in [-0.2, 0) is 25.7 Å². The SMILES string of the molecule is O=C(OCc1ccccc1)C(NC(=O)[C@H](NC(=O)[C@@H]1CCCN1)C1CCCC1)C1CC1. The minimum absolute atomic E-state index is 0.112. The lowest BCUT2D eigenvalue weighted by Crippen LogP contribution is -2.57. The summed E-state index contributed by atoms with van der Waals surface area (Å²) >= 11 is 0. The normalized spacial score (nSPS) is 23.2. The highest BCUT2D eigenvalue weighted by Gasteiger charge is 2.41. The van der Waals surface area contributed by atoms with Crippen molar-refractivity contribution < 1.29 is 19.1 Å². The van der Waals surface area contributed by atoms with E-state index in [1.165, 1.54) is 0 Å². The van der Waals surface area contributed by atoms with Crippen molar-refractivity contribution in [3.05, 3.63) is 35.9 Å². The number of rotatable bonds is 9. The molecule has 0 aromatic heterocycles. The minimum Gasteiger partial charge on any atom is -0.459 e. The molecule has 4 rings (SSSR count). The summed E-state index contributed by atoms with van der Waals surface area (Å²) in [6.07, 6.45) is 7.53. The van der Waals surface area contributed by atoms with E-state index in [-0.39, 0.29) is 36.3 Å². The summed E-state index contributed by atoms with van der Waals surface area (Å²) in [5, 5.41) is 9.13. The van der Waals surface area contributed by atoms with Gasteiger partial charge in [0.05, 0.1) is 6.04 Å². The molecular formula is C24H33N3O4. The molecule has 0 radical (unpaired) electrons. The van der Waals surface area contributed by atoms with Gasteiger partial charge in [0.25, 0.3) is 0 Å². The monoisotopic (exact) mass is 427 g/mol. The molecule has 1 aromatic rings. The third-order valence-corrected chi connectivity index (χ3v) is 6.70. The van der Waals surface area contributed by atoms with Crippen LogP contribution in [0.2, 0.25) is 0 Å². The Labute approximate surface area is 183 Å². The van der Waals surface area contributed by atoms with Crippen molar-refractivity contribution in [2.75, 3.05) is 6.54 Å². The highest BCUT2D eigenvalue weighted by Crippen LogP contribution is 2.34. The first-order valence-corrected chi connectivity index (χ1v) is 11.7. The van der Waals surface area contributed by atoms with Gasteiger partial charge in [-0.2, -0.15) is 0 Å². The maximum Gasteiger partial charge on any atom is 0.329 e. The van der Waals surface area contributed by atoms with Crippen molar-refractivity contribution in [1.29, 1.82) is 0 Å². The fourth-order valence-electron chi connectivity index (χ4n) is 4.71. The highest BCUT2D eigenvalue weighted by molar-refractivity contribution is 5.92. The van der Waals surface area contributed by atoms with Crippen molar-refractivity contribution in [2.45, 2.75) is 76.1 Å². The van der Waals surface area contributed by atoms with E-state index in [0.29, 0.717) is 0 Å². The number of carbonyl (C=O) groups is 3. The first-order valence-electron chi connectivity index (χ1n) is 11.7. The lowest BCUT2D eigenvalue weighted by Gasteiger charge is -2.27. The molecule has 3 fully saturated rings. The Balaban J connectivity index is 1.38. The van der Waals surface area contributed by atoms with E-state index in [0.717, 1.165) is 63.5 Å². The average Bonchev–Trinajstić information content (AvgIpc) is 3.24. The molecule has 3 aliphatic rings. The molecule has 1 saturated heterocycles. The van der Waals surface area contributed by atoms with Gasteiger partial charge in [0.2, 0.25) is 11.8 Å². The molecular weight excluding hydrogens is 394 g/mol. The van der Waals surface area contributed by atoms with E-state index >= 15 is 0 Å². The van der Waals surface area contributed by atoms with Gasteiger partial charge in [-0.3, -0.25) is 9.59 Å². The molecule has 2 saturated carbocycles. The maximum atomic E-state index is 13.2. The summed E-state index contributed by atoms with van der Waals surface area (Å²) in [6, 6.07) is 8.04. The Bertz CT molecular complexity index is 768. The second kappa shape index (κ2) is 10.3. The van der Waals surface area contributed by atoms with Gasteiger partial charge in [-0.25, -0.2) is 4.79 Å². The van der Waals surface area contributed by atoms with Crippen molar-refractivity contribution in [3.8, 4) is 0 Å². The fourth-order valence-corrected chi connectivity index (χ4v) is 4.71. The molecule has 0 spiro atoms. The zero-order valence-corrected chi connectivity index (χ0v) is 18.0. The topological polar surface area (TPSA) is 96.5 Å². The Morgan fingerprint density at radius 2 is 1.61 bits per heavy atom. The van der Waals surface area contributed by atoms with Crippen LogP contribution >= 0.6 is 0 Å². The zero-order valence-electron chi connectivity index (χ0n) is 18.0. The van der Waals surface area contributed by atoms with Crippen LogP contribution in [0.25, 0.3) is 0 Å². The van der Waals surface area contributed by atoms with E-state index in [2.05, 4.69) is 16.0 Å². The molecule has 0 bridgehead atoms. The van der Waals surface area contributed by atoms with Crippen LogP contribution in [-0.4, -0.2) is 42.5 Å². The van der Waals surface area contributed by atoms with E-state index in [4.69, 9.17) is 4.74 Å². The van der Waals surface area contributed by atoms with Crippen LogP contribution in [0.1, 0.15) is 56.9 Å². The summed E-state index contributed by atoms with van der Waals surface area (Å²) in [4.78, 5) is 38.7. The molecule has 7 nitrogen and oxygen atoms in total. The standard InChI is InChI=1S/C24H33N3O4/c28-22(19-11-6-14-25-19)26-20(17-9-4-5-10-17)23(29)27-21(18-12-13-18)24(30)31-15-16-7-2-1-3-8-16/h1-3,7-8,17-21,25H,4-6,9-15H2,(H,26,28)(H,27,29)/t19-,20+,21?/m0/s1. The zero-order chi connectivity index (χ0) is 21.6. The van der Waals surface area contributed by atoms with Crippen molar-refractivity contribution in [3.63, 3.8) is 0 Å². The van der Waals surface area contributed by atoms with E-state index in [9.17, 15) is 14.4 Å². The first-order chi connectivity index (χ1) is 15.1. The van der Waals surface area contributed by atoms with Gasteiger partial charge in [-0.15, -0.1) is 0 Å². The van der Waals surface area contributed by atoms with Gasteiger partial charge in [0, 0.05) is 0 Å². The Morgan fingerprint density at radius 1 is 0.903 bits per heavy atom. The average molecular weight is 428 g/mol. The van der Waals surface area contributed by atoms with Crippen LogP contribution in [0.3, 0.4) is 0 Å². The van der Waals surface area contributed by atoms with Crippen molar-refractivity contribution in [2.24, 2.45) is 11.8 Å². The molecule has 1 aromatic carbocycles. The molecule has 168 valence electrons. The largest absolute Gasteiger partial charge is 0.459 e. The molecule has 31 heavy (non-hydrogen) atoms. The molecule has 2 aliphatic carbocycles. The van der Waals surface area contributed by atoms with Crippen LogP contribution in [0, 0.1) is 11.8 Å². The molecule has 1 aliphatic heterocycles. The van der Waals surface area contributed by atoms with Crippen LogP contribution in [0.15, 0.2) is 30.3 Å². The smallest absolute Gasteiger partial charge is 0.329 e. The van der Waals surface area contributed by atoms with E-state index < -0.39 is 18.1 Å². The van der Waals surface area contributed by atoms with E-state index in [1.807, 2.05) is 30.3 Å². The van der Waals surface area contributed by atoms with Gasteiger partial charge in [-0.05, 0) is 62.5 Å². The van der Waals surface area contributed by atoms with E-state index in [1.54, 1.807) is 0 Å². The number of hydrogen-bond donors (Lipinski definition) is 3. The third-order valence-electron chi connectivity index (χ3n) is 6.70. The lowest BCUT2D eigenvalue weighted by molar-refractivity contribution is -0.150. The molecule has 2 amide bonds. The molecule has 1 heterocycles. The molecule has 3 N–H and O–H groups in total. The van der Waals surface area contributed by atoms with Gasteiger partial charge in [0.15, 0.2) is 0 Å². The van der Waals surface area contributed by atoms with Crippen LogP contribution < -0.4 is 16.0 Å². The summed E-state index contributed by atoms with van der Waals surface area (Å²) in [5.41, 5.74) is 0.914. The van der Waals surface area contributed by atoms with Gasteiger partial charge in [0.1, 0.15) is 18.7 Å². The maximum absolute atomic E-state index is 13.2. The summed E-state index contributed by atoms with van der Waals surface area (Å²) in [7, 11) is 0.